The van der Waals surface area contributed by atoms with Crippen LogP contribution in [0.5, 0.6) is 0 Å². The molecule has 8 nitrogen and oxygen atoms in total. The molecule has 4 aliphatic rings. The number of rotatable bonds is 6. The van der Waals surface area contributed by atoms with Crippen LogP contribution in [0.15, 0.2) is 53.6 Å². The van der Waals surface area contributed by atoms with E-state index in [2.05, 4.69) is 0 Å². The Morgan fingerprint density at radius 1 is 1.10 bits per heavy atom. The number of hydrogen-bond donors (Lipinski definition) is 3. The minimum atomic E-state index is -1.95. The molecule has 0 unspecified atom stereocenters. The SMILES string of the molecule is CC1=C[C@H]2[C@@]3(O)[C@H](C)[C@@H](OC(=O)C(C)C)[C@]4(OC(=O)Cc5ccccc5)[C@H]([C@@H]3C=C(CO)C[C@]2(O)C1=O)C4(C)C. The second-order valence-corrected chi connectivity index (χ2v) is 13.1. The summed E-state index contributed by atoms with van der Waals surface area (Å²) in [5.74, 6) is -5.01. The molecule has 2 saturated carbocycles. The van der Waals surface area contributed by atoms with Gasteiger partial charge in [-0.15, -0.1) is 0 Å². The summed E-state index contributed by atoms with van der Waals surface area (Å²) in [6.07, 6.45) is 2.22. The molecule has 8 atom stereocenters. The second kappa shape index (κ2) is 9.36. The number of carbonyl (C=O) groups is 3. The van der Waals surface area contributed by atoms with Gasteiger partial charge in [-0.05, 0) is 23.6 Å². The summed E-state index contributed by atoms with van der Waals surface area (Å²) in [6, 6.07) is 9.21. The molecule has 0 radical (unpaired) electrons. The van der Waals surface area contributed by atoms with E-state index < -0.39 is 82.2 Å². The molecule has 4 aliphatic carbocycles. The van der Waals surface area contributed by atoms with Crippen LogP contribution in [0.2, 0.25) is 0 Å². The van der Waals surface area contributed by atoms with Crippen LogP contribution in [0.25, 0.3) is 0 Å². The number of fused-ring (bicyclic) bond motifs is 5. The van der Waals surface area contributed by atoms with Gasteiger partial charge in [0, 0.05) is 35.5 Å². The molecule has 0 bridgehead atoms. The molecule has 0 aliphatic heterocycles. The molecule has 0 spiro atoms. The summed E-state index contributed by atoms with van der Waals surface area (Å²) >= 11 is 0. The second-order valence-electron chi connectivity index (χ2n) is 13.1. The molecule has 40 heavy (non-hydrogen) atoms. The third-order valence-corrected chi connectivity index (χ3v) is 10.1. The van der Waals surface area contributed by atoms with Crippen LogP contribution in [-0.2, 0) is 30.3 Å². The van der Waals surface area contributed by atoms with Gasteiger partial charge in [-0.1, -0.05) is 77.1 Å². The van der Waals surface area contributed by atoms with Crippen molar-refractivity contribution < 1.29 is 39.2 Å². The first kappa shape index (κ1) is 28.7. The Bertz CT molecular complexity index is 1290. The standard InChI is InChI=1S/C32H40O8/c1-17(2)28(36)39-27-19(4)31(38)22(13-21(16-33)15-30(37)23(31)12-18(3)26(30)35)25-29(5,6)32(25,27)40-24(34)14-20-10-8-7-9-11-20/h7-13,17,19,22-23,25,27,33,37-38H,14-16H2,1-6H3/t19-,22+,23-,25-,27-,30-,31-,32-/m1/s1. The highest BCUT2D eigenvalue weighted by Gasteiger charge is 2.88. The van der Waals surface area contributed by atoms with E-state index in [1.165, 1.54) is 0 Å². The lowest BCUT2D eigenvalue weighted by Crippen LogP contribution is -2.66. The minimum absolute atomic E-state index is 0.0239. The zero-order valence-corrected chi connectivity index (χ0v) is 24.0. The van der Waals surface area contributed by atoms with E-state index in [9.17, 15) is 29.7 Å². The number of benzene rings is 1. The molecule has 0 heterocycles. The monoisotopic (exact) mass is 552 g/mol. The Morgan fingerprint density at radius 2 is 1.75 bits per heavy atom. The number of Topliss-reactive ketones (excluding diaryl/α,β-unsaturated/α-hetero) is 1. The Labute approximate surface area is 235 Å². The predicted molar refractivity (Wildman–Crippen MR) is 146 cm³/mol. The van der Waals surface area contributed by atoms with Crippen LogP contribution in [0, 0.1) is 35.0 Å². The van der Waals surface area contributed by atoms with Crippen molar-refractivity contribution in [3.63, 3.8) is 0 Å². The number of hydrogen-bond acceptors (Lipinski definition) is 8. The van der Waals surface area contributed by atoms with Crippen LogP contribution < -0.4 is 0 Å². The van der Waals surface area contributed by atoms with Gasteiger partial charge in [-0.2, -0.15) is 0 Å². The Kier molecular flexibility index (Phi) is 6.72. The van der Waals surface area contributed by atoms with E-state index in [1.54, 1.807) is 39.8 Å². The normalized spacial score (nSPS) is 39.2. The summed E-state index contributed by atoms with van der Waals surface area (Å²) in [6.45, 7) is 10.2. The third-order valence-electron chi connectivity index (χ3n) is 10.1. The maximum Gasteiger partial charge on any atom is 0.310 e. The lowest BCUT2D eigenvalue weighted by atomic mass is 9.59. The lowest BCUT2D eigenvalue weighted by Gasteiger charge is -2.53. The smallest absolute Gasteiger partial charge is 0.310 e. The van der Waals surface area contributed by atoms with Crippen molar-refractivity contribution in [1.82, 2.24) is 0 Å². The van der Waals surface area contributed by atoms with Gasteiger partial charge in [0.2, 0.25) is 0 Å². The first-order valence-electron chi connectivity index (χ1n) is 14.1. The molecule has 3 N–H and O–H groups in total. The van der Waals surface area contributed by atoms with Gasteiger partial charge in [0.05, 0.1) is 24.5 Å². The van der Waals surface area contributed by atoms with Crippen molar-refractivity contribution in [1.29, 1.82) is 0 Å². The van der Waals surface area contributed by atoms with Crippen LogP contribution in [0.4, 0.5) is 0 Å². The number of ether oxygens (including phenoxy) is 2. The van der Waals surface area contributed by atoms with E-state index >= 15 is 0 Å². The third kappa shape index (κ3) is 3.79. The average Bonchev–Trinajstić information content (AvgIpc) is 3.32. The van der Waals surface area contributed by atoms with Gasteiger partial charge >= 0.3 is 11.9 Å². The molecule has 0 saturated heterocycles. The number of aliphatic hydroxyl groups excluding tert-OH is 1. The number of esters is 2. The average molecular weight is 553 g/mol. The summed E-state index contributed by atoms with van der Waals surface area (Å²) in [7, 11) is 0. The van der Waals surface area contributed by atoms with Crippen molar-refractivity contribution >= 4 is 17.7 Å². The maximum absolute atomic E-state index is 13.4. The number of carbonyl (C=O) groups excluding carboxylic acids is 3. The number of aliphatic hydroxyl groups is 3. The minimum Gasteiger partial charge on any atom is -0.457 e. The Balaban J connectivity index is 1.65. The van der Waals surface area contributed by atoms with Gasteiger partial charge < -0.3 is 24.8 Å². The fraction of sp³-hybridized carbons (Fsp3) is 0.594. The van der Waals surface area contributed by atoms with Gasteiger partial charge in [0.25, 0.3) is 0 Å². The largest absolute Gasteiger partial charge is 0.457 e. The van der Waals surface area contributed by atoms with Gasteiger partial charge in [0.1, 0.15) is 11.7 Å². The number of ketones is 1. The van der Waals surface area contributed by atoms with Gasteiger partial charge in [0.15, 0.2) is 11.4 Å². The molecular weight excluding hydrogens is 512 g/mol. The van der Waals surface area contributed by atoms with Gasteiger partial charge in [-0.25, -0.2) is 0 Å². The zero-order chi connectivity index (χ0) is 29.4. The Hall–Kier alpha value is -2.81. The fourth-order valence-electron chi connectivity index (χ4n) is 8.07. The van der Waals surface area contributed by atoms with Crippen molar-refractivity contribution in [3.8, 4) is 0 Å². The topological polar surface area (TPSA) is 130 Å². The van der Waals surface area contributed by atoms with Gasteiger partial charge in [-0.3, -0.25) is 14.4 Å². The molecular formula is C32H40O8. The highest BCUT2D eigenvalue weighted by molar-refractivity contribution is 6.04. The summed E-state index contributed by atoms with van der Waals surface area (Å²) < 4.78 is 12.5. The first-order valence-corrected chi connectivity index (χ1v) is 14.1. The Morgan fingerprint density at radius 3 is 2.35 bits per heavy atom. The van der Waals surface area contributed by atoms with Crippen LogP contribution in [0.3, 0.4) is 0 Å². The quantitative estimate of drug-likeness (QED) is 0.363. The van der Waals surface area contributed by atoms with Crippen molar-refractivity contribution in [2.45, 2.75) is 77.3 Å². The van der Waals surface area contributed by atoms with Crippen LogP contribution in [-0.4, -0.2) is 62.6 Å². The van der Waals surface area contributed by atoms with E-state index in [4.69, 9.17) is 9.47 Å². The fourth-order valence-corrected chi connectivity index (χ4v) is 8.07. The molecule has 216 valence electrons. The highest BCUT2D eigenvalue weighted by atomic mass is 16.6. The first-order chi connectivity index (χ1) is 18.7. The molecule has 0 aromatic heterocycles. The molecule has 8 heteroatoms. The molecule has 1 aromatic rings. The van der Waals surface area contributed by atoms with E-state index in [-0.39, 0.29) is 12.8 Å². The van der Waals surface area contributed by atoms with Crippen molar-refractivity contribution in [2.75, 3.05) is 6.61 Å². The maximum atomic E-state index is 13.4. The summed E-state index contributed by atoms with van der Waals surface area (Å²) in [4.78, 5) is 39.8. The molecule has 1 aromatic carbocycles. The molecule has 2 fully saturated rings. The summed E-state index contributed by atoms with van der Waals surface area (Å²) in [5.41, 5.74) is -4.15. The zero-order valence-electron chi connectivity index (χ0n) is 24.0. The van der Waals surface area contributed by atoms with Crippen LogP contribution >= 0.6 is 0 Å². The van der Waals surface area contributed by atoms with E-state index in [0.717, 1.165) is 5.56 Å². The molecule has 5 rings (SSSR count). The highest BCUT2D eigenvalue weighted by Crippen LogP contribution is 2.77. The van der Waals surface area contributed by atoms with Crippen molar-refractivity contribution in [3.05, 3.63) is 59.2 Å². The predicted octanol–water partition coefficient (Wildman–Crippen LogP) is 2.93. The lowest BCUT2D eigenvalue weighted by molar-refractivity contribution is -0.230. The van der Waals surface area contributed by atoms with Crippen LogP contribution in [0.1, 0.15) is 53.5 Å². The van der Waals surface area contributed by atoms with Crippen molar-refractivity contribution in [2.24, 2.45) is 35.0 Å². The molecule has 0 amide bonds. The van der Waals surface area contributed by atoms with E-state index in [1.807, 2.05) is 44.2 Å². The summed E-state index contributed by atoms with van der Waals surface area (Å²) in [5, 5.41) is 34.8. The van der Waals surface area contributed by atoms with E-state index in [0.29, 0.717) is 11.1 Å².